The van der Waals surface area contributed by atoms with Crippen LogP contribution in [0.2, 0.25) is 0 Å². The zero-order valence-corrected chi connectivity index (χ0v) is 13.0. The van der Waals surface area contributed by atoms with Gasteiger partial charge in [-0.3, -0.25) is 9.59 Å². The SMILES string of the molecule is Cc1ccc(C2CCCCCN2C(=O)C2CCC2C(=O)O)o1. The van der Waals surface area contributed by atoms with Crippen molar-refractivity contribution >= 4 is 11.9 Å². The van der Waals surface area contributed by atoms with E-state index < -0.39 is 11.9 Å². The molecule has 0 bridgehead atoms. The third-order valence-corrected chi connectivity index (χ3v) is 5.03. The largest absolute Gasteiger partial charge is 0.481 e. The summed E-state index contributed by atoms with van der Waals surface area (Å²) < 4.78 is 5.75. The molecule has 2 aliphatic rings. The van der Waals surface area contributed by atoms with Gasteiger partial charge in [-0.15, -0.1) is 0 Å². The summed E-state index contributed by atoms with van der Waals surface area (Å²) in [7, 11) is 0. The Bertz CT molecular complexity index is 565. The molecule has 1 aliphatic carbocycles. The summed E-state index contributed by atoms with van der Waals surface area (Å²) in [6, 6.07) is 3.83. The van der Waals surface area contributed by atoms with Gasteiger partial charge in [0.1, 0.15) is 11.5 Å². The minimum atomic E-state index is -0.843. The first-order chi connectivity index (χ1) is 10.6. The van der Waals surface area contributed by atoms with Crippen LogP contribution in [-0.4, -0.2) is 28.4 Å². The van der Waals surface area contributed by atoms with Gasteiger partial charge in [0.05, 0.1) is 17.9 Å². The van der Waals surface area contributed by atoms with E-state index in [1.165, 1.54) is 0 Å². The van der Waals surface area contributed by atoms with Gasteiger partial charge in [0.15, 0.2) is 0 Å². The third kappa shape index (κ3) is 2.76. The number of hydrogen-bond donors (Lipinski definition) is 1. The van der Waals surface area contributed by atoms with Gasteiger partial charge in [-0.2, -0.15) is 0 Å². The molecule has 0 spiro atoms. The van der Waals surface area contributed by atoms with E-state index in [4.69, 9.17) is 4.42 Å². The second-order valence-electron chi connectivity index (χ2n) is 6.47. The van der Waals surface area contributed by atoms with Crippen LogP contribution in [-0.2, 0) is 9.59 Å². The van der Waals surface area contributed by atoms with Crippen LogP contribution < -0.4 is 0 Å². The molecule has 2 heterocycles. The van der Waals surface area contributed by atoms with E-state index in [-0.39, 0.29) is 17.9 Å². The molecule has 1 N–H and O–H groups in total. The summed E-state index contributed by atoms with van der Waals surface area (Å²) in [5.74, 6) is -0.0223. The molecule has 1 saturated heterocycles. The highest BCUT2D eigenvalue weighted by Gasteiger charge is 2.44. The van der Waals surface area contributed by atoms with E-state index in [1.807, 2.05) is 24.0 Å². The highest BCUT2D eigenvalue weighted by Crippen LogP contribution is 2.39. The summed E-state index contributed by atoms with van der Waals surface area (Å²) >= 11 is 0. The molecule has 5 heteroatoms. The van der Waals surface area contributed by atoms with Gasteiger partial charge in [-0.1, -0.05) is 12.8 Å². The van der Waals surface area contributed by atoms with Gasteiger partial charge in [0, 0.05) is 6.54 Å². The number of carboxylic acids is 1. The molecule has 1 aromatic rings. The molecule has 120 valence electrons. The first-order valence-electron chi connectivity index (χ1n) is 8.17. The van der Waals surface area contributed by atoms with Crippen molar-refractivity contribution in [3.63, 3.8) is 0 Å². The number of nitrogens with zero attached hydrogens (tertiary/aromatic N) is 1. The molecular weight excluding hydrogens is 282 g/mol. The normalized spacial score (nSPS) is 28.8. The van der Waals surface area contributed by atoms with Crippen LogP contribution in [0, 0.1) is 18.8 Å². The lowest BCUT2D eigenvalue weighted by atomic mass is 9.72. The number of likely N-dealkylation sites (tertiary alicyclic amines) is 1. The minimum Gasteiger partial charge on any atom is -0.481 e. The molecule has 22 heavy (non-hydrogen) atoms. The number of rotatable bonds is 3. The number of aryl methyl sites for hydroxylation is 1. The van der Waals surface area contributed by atoms with Crippen LogP contribution in [0.3, 0.4) is 0 Å². The predicted molar refractivity (Wildman–Crippen MR) is 80.2 cm³/mol. The van der Waals surface area contributed by atoms with E-state index in [1.54, 1.807) is 0 Å². The molecular formula is C17H23NO4. The number of hydrogen-bond acceptors (Lipinski definition) is 3. The van der Waals surface area contributed by atoms with Crippen molar-refractivity contribution in [2.45, 2.75) is 51.5 Å². The van der Waals surface area contributed by atoms with Crippen molar-refractivity contribution in [3.05, 3.63) is 23.7 Å². The number of carbonyl (C=O) groups is 2. The van der Waals surface area contributed by atoms with Crippen LogP contribution in [0.25, 0.3) is 0 Å². The second kappa shape index (κ2) is 6.15. The molecule has 5 nitrogen and oxygen atoms in total. The highest BCUT2D eigenvalue weighted by atomic mass is 16.4. The van der Waals surface area contributed by atoms with Crippen molar-refractivity contribution in [2.75, 3.05) is 6.54 Å². The lowest BCUT2D eigenvalue weighted by Gasteiger charge is -2.38. The Morgan fingerprint density at radius 2 is 1.91 bits per heavy atom. The molecule has 1 aromatic heterocycles. The minimum absolute atomic E-state index is 0.000368. The molecule has 1 saturated carbocycles. The molecule has 2 fully saturated rings. The average Bonchev–Trinajstić information content (AvgIpc) is 2.71. The fourth-order valence-electron chi connectivity index (χ4n) is 3.60. The van der Waals surface area contributed by atoms with Crippen molar-refractivity contribution in [1.29, 1.82) is 0 Å². The lowest BCUT2D eigenvalue weighted by Crippen LogP contribution is -2.47. The molecule has 0 aromatic carbocycles. The fraction of sp³-hybridized carbons (Fsp3) is 0.647. The summed E-state index contributed by atoms with van der Waals surface area (Å²) in [6.07, 6.45) is 5.35. The first-order valence-corrected chi connectivity index (χ1v) is 8.17. The highest BCUT2D eigenvalue weighted by molar-refractivity contribution is 5.86. The Kier molecular flexibility index (Phi) is 4.23. The predicted octanol–water partition coefficient (Wildman–Crippen LogP) is 3.14. The number of carboxylic acid groups (broad SMARTS) is 1. The smallest absolute Gasteiger partial charge is 0.307 e. The van der Waals surface area contributed by atoms with Gasteiger partial charge < -0.3 is 14.4 Å². The standard InChI is InChI=1S/C17H23NO4/c1-11-6-9-15(22-11)14-5-3-2-4-10-18(14)16(19)12-7-8-13(12)17(20)21/h6,9,12-14H,2-5,7-8,10H2,1H3,(H,20,21). The Hall–Kier alpha value is -1.78. The number of carbonyl (C=O) groups excluding carboxylic acids is 1. The van der Waals surface area contributed by atoms with Gasteiger partial charge >= 0.3 is 5.97 Å². The maximum absolute atomic E-state index is 12.9. The average molecular weight is 305 g/mol. The van der Waals surface area contributed by atoms with E-state index in [0.717, 1.165) is 37.2 Å². The van der Waals surface area contributed by atoms with Crippen molar-refractivity contribution in [2.24, 2.45) is 11.8 Å². The van der Waals surface area contributed by atoms with Crippen molar-refractivity contribution in [1.82, 2.24) is 4.90 Å². The van der Waals surface area contributed by atoms with Crippen molar-refractivity contribution in [3.8, 4) is 0 Å². The van der Waals surface area contributed by atoms with Crippen LogP contribution in [0.5, 0.6) is 0 Å². The van der Waals surface area contributed by atoms with Crippen LogP contribution in [0.1, 0.15) is 56.1 Å². The van der Waals surface area contributed by atoms with E-state index in [0.29, 0.717) is 19.4 Å². The van der Waals surface area contributed by atoms with Gasteiger partial charge in [-0.25, -0.2) is 0 Å². The second-order valence-corrected chi connectivity index (χ2v) is 6.47. The fourth-order valence-corrected chi connectivity index (χ4v) is 3.60. The molecule has 3 rings (SSSR count). The summed E-state index contributed by atoms with van der Waals surface area (Å²) in [5, 5.41) is 9.20. The molecule has 0 radical (unpaired) electrons. The first kappa shape index (κ1) is 15.1. The quantitative estimate of drug-likeness (QED) is 0.931. The number of amides is 1. The lowest BCUT2D eigenvalue weighted by molar-refractivity contribution is -0.158. The topological polar surface area (TPSA) is 70.8 Å². The van der Waals surface area contributed by atoms with Crippen LogP contribution in [0.15, 0.2) is 16.5 Å². The van der Waals surface area contributed by atoms with E-state index in [2.05, 4.69) is 0 Å². The Morgan fingerprint density at radius 1 is 1.14 bits per heavy atom. The number of furan rings is 1. The van der Waals surface area contributed by atoms with Gasteiger partial charge in [0.2, 0.25) is 5.91 Å². The van der Waals surface area contributed by atoms with Crippen LogP contribution in [0.4, 0.5) is 0 Å². The maximum Gasteiger partial charge on any atom is 0.307 e. The molecule has 3 unspecified atom stereocenters. The molecule has 3 atom stereocenters. The van der Waals surface area contributed by atoms with Gasteiger partial charge in [-0.05, 0) is 44.7 Å². The van der Waals surface area contributed by atoms with Gasteiger partial charge in [0.25, 0.3) is 0 Å². The Morgan fingerprint density at radius 3 is 2.50 bits per heavy atom. The number of aliphatic carboxylic acids is 1. The van der Waals surface area contributed by atoms with E-state index in [9.17, 15) is 14.7 Å². The van der Waals surface area contributed by atoms with Crippen LogP contribution >= 0.6 is 0 Å². The maximum atomic E-state index is 12.9. The van der Waals surface area contributed by atoms with E-state index >= 15 is 0 Å². The summed E-state index contributed by atoms with van der Waals surface area (Å²) in [4.78, 5) is 26.0. The molecule has 1 amide bonds. The summed E-state index contributed by atoms with van der Waals surface area (Å²) in [6.45, 7) is 2.60. The Balaban J connectivity index is 1.81. The zero-order chi connectivity index (χ0) is 15.7. The monoisotopic (exact) mass is 305 g/mol. The molecule has 1 aliphatic heterocycles. The zero-order valence-electron chi connectivity index (χ0n) is 13.0. The van der Waals surface area contributed by atoms with Crippen molar-refractivity contribution < 1.29 is 19.1 Å². The summed E-state index contributed by atoms with van der Waals surface area (Å²) in [5.41, 5.74) is 0. The third-order valence-electron chi connectivity index (χ3n) is 5.03. The Labute approximate surface area is 130 Å².